The van der Waals surface area contributed by atoms with Gasteiger partial charge in [0.1, 0.15) is 0 Å². The highest BCUT2D eigenvalue weighted by molar-refractivity contribution is 8.00. The molecule has 0 amide bonds. The fraction of sp³-hybridized carbons (Fsp3) is 0.917. The Labute approximate surface area is 97.8 Å². The van der Waals surface area contributed by atoms with Crippen LogP contribution in [-0.4, -0.2) is 24.1 Å². The van der Waals surface area contributed by atoms with Gasteiger partial charge in [-0.25, -0.2) is 0 Å². The van der Waals surface area contributed by atoms with Gasteiger partial charge in [-0.15, -0.1) is 0 Å². The minimum atomic E-state index is -0.149. The van der Waals surface area contributed by atoms with Crippen molar-refractivity contribution in [1.29, 1.82) is 5.26 Å². The van der Waals surface area contributed by atoms with Crippen LogP contribution in [0.2, 0.25) is 0 Å². The summed E-state index contributed by atoms with van der Waals surface area (Å²) in [5.41, 5.74) is -0.149. The molecule has 2 nitrogen and oxygen atoms in total. The van der Waals surface area contributed by atoms with Gasteiger partial charge in [-0.3, -0.25) is 0 Å². The van der Waals surface area contributed by atoms with Crippen molar-refractivity contribution in [3.63, 3.8) is 0 Å². The molecule has 1 N–H and O–H groups in total. The van der Waals surface area contributed by atoms with Crippen molar-refractivity contribution < 1.29 is 0 Å². The molecular weight excluding hydrogens is 204 g/mol. The van der Waals surface area contributed by atoms with Crippen LogP contribution in [0.3, 0.4) is 0 Å². The van der Waals surface area contributed by atoms with Crippen molar-refractivity contribution in [3.05, 3.63) is 0 Å². The highest BCUT2D eigenvalue weighted by Crippen LogP contribution is 2.25. The maximum absolute atomic E-state index is 8.85. The molecule has 1 heterocycles. The van der Waals surface area contributed by atoms with Gasteiger partial charge in [-0.2, -0.15) is 17.0 Å². The van der Waals surface area contributed by atoms with Crippen molar-refractivity contribution in [2.75, 3.05) is 18.8 Å². The molecule has 1 atom stereocenters. The monoisotopic (exact) mass is 226 g/mol. The van der Waals surface area contributed by atoms with Gasteiger partial charge < -0.3 is 5.32 Å². The Morgan fingerprint density at radius 1 is 1.53 bits per heavy atom. The second-order valence-electron chi connectivity index (χ2n) is 4.94. The molecule has 0 saturated carbocycles. The molecule has 0 bridgehead atoms. The molecule has 0 radical (unpaired) electrons. The molecule has 1 rings (SSSR count). The maximum Gasteiger partial charge on any atom is 0.0683 e. The van der Waals surface area contributed by atoms with E-state index >= 15 is 0 Å². The number of thioether (sulfide) groups is 1. The summed E-state index contributed by atoms with van der Waals surface area (Å²) in [5.74, 6) is 1.34. The quantitative estimate of drug-likeness (QED) is 0.707. The van der Waals surface area contributed by atoms with Crippen LogP contribution < -0.4 is 5.32 Å². The lowest BCUT2D eigenvalue weighted by atomic mass is 9.90. The zero-order chi connectivity index (χ0) is 11.1. The largest absolute Gasteiger partial charge is 0.316 e. The SMILES string of the molecule is CC(C)(C#N)CCCNCC1CCCS1. The summed E-state index contributed by atoms with van der Waals surface area (Å²) in [6.07, 6.45) is 4.87. The molecule has 15 heavy (non-hydrogen) atoms. The summed E-state index contributed by atoms with van der Waals surface area (Å²) in [4.78, 5) is 0. The normalized spacial score (nSPS) is 21.5. The summed E-state index contributed by atoms with van der Waals surface area (Å²) >= 11 is 2.10. The van der Waals surface area contributed by atoms with Crippen molar-refractivity contribution in [2.24, 2.45) is 5.41 Å². The molecule has 1 aliphatic heterocycles. The lowest BCUT2D eigenvalue weighted by Crippen LogP contribution is -2.25. The van der Waals surface area contributed by atoms with Crippen molar-refractivity contribution in [2.45, 2.75) is 44.8 Å². The second-order valence-corrected chi connectivity index (χ2v) is 6.35. The van der Waals surface area contributed by atoms with Crippen LogP contribution in [0.1, 0.15) is 39.5 Å². The van der Waals surface area contributed by atoms with E-state index in [0.717, 1.165) is 31.2 Å². The first-order valence-corrected chi connectivity index (χ1v) is 6.92. The lowest BCUT2D eigenvalue weighted by molar-refractivity contribution is 0.426. The summed E-state index contributed by atoms with van der Waals surface area (Å²) < 4.78 is 0. The minimum Gasteiger partial charge on any atom is -0.316 e. The van der Waals surface area contributed by atoms with E-state index in [1.54, 1.807) is 0 Å². The van der Waals surface area contributed by atoms with Crippen LogP contribution in [-0.2, 0) is 0 Å². The summed E-state index contributed by atoms with van der Waals surface area (Å²) in [6, 6.07) is 2.34. The Kier molecular flexibility index (Phi) is 5.49. The molecule has 1 saturated heterocycles. The first-order valence-electron chi connectivity index (χ1n) is 5.88. The van der Waals surface area contributed by atoms with Gasteiger partial charge >= 0.3 is 0 Å². The Hall–Kier alpha value is -0.200. The van der Waals surface area contributed by atoms with Crippen molar-refractivity contribution in [3.8, 4) is 6.07 Å². The number of nitrogens with zero attached hydrogens (tertiary/aromatic N) is 1. The molecule has 0 aromatic rings. The third-order valence-corrected chi connectivity index (χ3v) is 4.25. The average molecular weight is 226 g/mol. The first kappa shape index (κ1) is 12.9. The van der Waals surface area contributed by atoms with Gasteiger partial charge in [-0.1, -0.05) is 0 Å². The van der Waals surface area contributed by atoms with E-state index in [4.69, 9.17) is 5.26 Å². The van der Waals surface area contributed by atoms with E-state index in [1.807, 2.05) is 13.8 Å². The topological polar surface area (TPSA) is 35.8 Å². The summed E-state index contributed by atoms with van der Waals surface area (Å²) in [7, 11) is 0. The summed E-state index contributed by atoms with van der Waals surface area (Å²) in [5, 5.41) is 13.2. The number of hydrogen-bond acceptors (Lipinski definition) is 3. The molecule has 1 aliphatic rings. The Bertz CT molecular complexity index is 214. The third-order valence-electron chi connectivity index (χ3n) is 2.85. The van der Waals surface area contributed by atoms with Gasteiger partial charge in [0, 0.05) is 11.8 Å². The Morgan fingerprint density at radius 2 is 2.33 bits per heavy atom. The zero-order valence-electron chi connectivity index (χ0n) is 9.88. The highest BCUT2D eigenvalue weighted by atomic mass is 32.2. The van der Waals surface area contributed by atoms with Gasteiger partial charge in [0.2, 0.25) is 0 Å². The molecule has 1 fully saturated rings. The van der Waals surface area contributed by atoms with Crippen LogP contribution in [0.25, 0.3) is 0 Å². The number of nitrogens with one attached hydrogen (secondary N) is 1. The van der Waals surface area contributed by atoms with Gasteiger partial charge in [0.25, 0.3) is 0 Å². The number of rotatable bonds is 6. The van der Waals surface area contributed by atoms with E-state index in [9.17, 15) is 0 Å². The number of hydrogen-bond donors (Lipinski definition) is 1. The van der Waals surface area contributed by atoms with Gasteiger partial charge in [-0.05, 0) is 51.8 Å². The molecule has 86 valence electrons. The van der Waals surface area contributed by atoms with Crippen LogP contribution in [0.15, 0.2) is 0 Å². The van der Waals surface area contributed by atoms with E-state index in [0.29, 0.717) is 0 Å². The average Bonchev–Trinajstić information content (AvgIpc) is 2.70. The molecule has 0 aliphatic carbocycles. The standard InChI is InChI=1S/C12H22N2S/c1-12(2,10-13)6-4-7-14-9-11-5-3-8-15-11/h11,14H,3-9H2,1-2H3. The van der Waals surface area contributed by atoms with Gasteiger partial charge in [0.05, 0.1) is 11.5 Å². The third kappa shape index (κ3) is 5.44. The molecule has 0 aromatic carbocycles. The van der Waals surface area contributed by atoms with E-state index in [2.05, 4.69) is 23.1 Å². The van der Waals surface area contributed by atoms with Crippen LogP contribution in [0.5, 0.6) is 0 Å². The fourth-order valence-electron chi connectivity index (χ4n) is 1.78. The smallest absolute Gasteiger partial charge is 0.0683 e. The Balaban J connectivity index is 1.95. The second kappa shape index (κ2) is 6.40. The Morgan fingerprint density at radius 3 is 2.93 bits per heavy atom. The molecule has 3 heteroatoms. The van der Waals surface area contributed by atoms with Crippen LogP contribution >= 0.6 is 11.8 Å². The first-order chi connectivity index (χ1) is 7.14. The molecule has 0 aromatic heterocycles. The molecule has 0 spiro atoms. The van der Waals surface area contributed by atoms with Crippen LogP contribution in [0, 0.1) is 16.7 Å². The van der Waals surface area contributed by atoms with Crippen molar-refractivity contribution in [1.82, 2.24) is 5.32 Å². The van der Waals surface area contributed by atoms with E-state index in [1.165, 1.54) is 18.6 Å². The number of nitriles is 1. The maximum atomic E-state index is 8.85. The molecule has 1 unspecified atom stereocenters. The predicted octanol–water partition coefficient (Wildman–Crippen LogP) is 2.80. The summed E-state index contributed by atoms with van der Waals surface area (Å²) in [6.45, 7) is 6.24. The van der Waals surface area contributed by atoms with Crippen LogP contribution in [0.4, 0.5) is 0 Å². The van der Waals surface area contributed by atoms with E-state index < -0.39 is 0 Å². The van der Waals surface area contributed by atoms with Crippen molar-refractivity contribution >= 4 is 11.8 Å². The minimum absolute atomic E-state index is 0.149. The highest BCUT2D eigenvalue weighted by Gasteiger charge is 2.16. The zero-order valence-corrected chi connectivity index (χ0v) is 10.7. The predicted molar refractivity (Wildman–Crippen MR) is 67.0 cm³/mol. The molecular formula is C12H22N2S. The fourth-order valence-corrected chi connectivity index (χ4v) is 3.02. The lowest BCUT2D eigenvalue weighted by Gasteiger charge is -2.15. The van der Waals surface area contributed by atoms with Gasteiger partial charge in [0.15, 0.2) is 0 Å². The van der Waals surface area contributed by atoms with E-state index in [-0.39, 0.29) is 5.41 Å².